The maximum atomic E-state index is 12.1. The van der Waals surface area contributed by atoms with Crippen molar-refractivity contribution in [3.8, 4) is 0 Å². The molecule has 0 radical (unpaired) electrons. The zero-order valence-corrected chi connectivity index (χ0v) is 11.7. The number of nitrogens with two attached hydrogens (primary N) is 1. The number of amides is 1. The van der Waals surface area contributed by atoms with Gasteiger partial charge in [0, 0.05) is 17.8 Å². The second-order valence-corrected chi connectivity index (χ2v) is 4.65. The van der Waals surface area contributed by atoms with Crippen LogP contribution < -0.4 is 11.1 Å². The summed E-state index contributed by atoms with van der Waals surface area (Å²) in [7, 11) is 0. The average molecular weight is 307 g/mol. The Morgan fingerprint density at radius 1 is 1.48 bits per heavy atom. The molecular weight excluding hydrogens is 296 g/mol. The maximum Gasteiger partial charge on any atom is 0.294 e. The first-order valence-electron chi connectivity index (χ1n) is 5.86. The van der Waals surface area contributed by atoms with E-state index in [1.807, 2.05) is 0 Å². The van der Waals surface area contributed by atoms with Gasteiger partial charge in [0.25, 0.3) is 11.6 Å². The van der Waals surface area contributed by atoms with Gasteiger partial charge in [-0.25, -0.2) is 0 Å². The summed E-state index contributed by atoms with van der Waals surface area (Å²) < 4.78 is 0. The molecule has 0 unspecified atom stereocenters. The Morgan fingerprint density at radius 3 is 2.81 bits per heavy atom. The molecule has 0 aliphatic heterocycles. The second-order valence-electron chi connectivity index (χ2n) is 4.24. The van der Waals surface area contributed by atoms with Crippen LogP contribution in [0.4, 0.5) is 17.1 Å². The molecule has 1 aromatic heterocycles. The zero-order chi connectivity index (χ0) is 15.6. The van der Waals surface area contributed by atoms with Gasteiger partial charge in [-0.1, -0.05) is 11.6 Å². The first kappa shape index (κ1) is 14.7. The SMILES string of the molecule is Cc1ncccc1NC(=O)c1cc(Cl)c(N)c([N+](=O)[O-])c1. The highest BCUT2D eigenvalue weighted by molar-refractivity contribution is 6.34. The topological polar surface area (TPSA) is 111 Å². The van der Waals surface area contributed by atoms with Gasteiger partial charge < -0.3 is 11.1 Å². The van der Waals surface area contributed by atoms with Crippen molar-refractivity contribution in [3.63, 3.8) is 0 Å². The number of aryl methyl sites for hydroxylation is 1. The van der Waals surface area contributed by atoms with Crippen LogP contribution >= 0.6 is 11.6 Å². The Bertz CT molecular complexity index is 733. The molecule has 21 heavy (non-hydrogen) atoms. The number of nitrogens with zero attached hydrogens (tertiary/aromatic N) is 2. The summed E-state index contributed by atoms with van der Waals surface area (Å²) in [5.41, 5.74) is 6.12. The summed E-state index contributed by atoms with van der Waals surface area (Å²) in [6.07, 6.45) is 1.59. The number of nitrogen functional groups attached to an aromatic ring is 1. The summed E-state index contributed by atoms with van der Waals surface area (Å²) >= 11 is 5.82. The normalized spacial score (nSPS) is 10.2. The number of rotatable bonds is 3. The molecule has 0 saturated carbocycles. The van der Waals surface area contributed by atoms with Crippen LogP contribution in [0.25, 0.3) is 0 Å². The highest BCUT2D eigenvalue weighted by atomic mass is 35.5. The quantitative estimate of drug-likeness (QED) is 0.514. The van der Waals surface area contributed by atoms with Gasteiger partial charge in [0.05, 0.1) is 21.3 Å². The number of anilines is 2. The number of benzene rings is 1. The van der Waals surface area contributed by atoms with Gasteiger partial charge in [-0.2, -0.15) is 0 Å². The number of pyridine rings is 1. The number of nitro groups is 1. The lowest BCUT2D eigenvalue weighted by Crippen LogP contribution is -2.14. The summed E-state index contributed by atoms with van der Waals surface area (Å²) in [6, 6.07) is 5.71. The Balaban J connectivity index is 2.36. The van der Waals surface area contributed by atoms with Gasteiger partial charge in [-0.3, -0.25) is 19.9 Å². The lowest BCUT2D eigenvalue weighted by atomic mass is 10.1. The van der Waals surface area contributed by atoms with Crippen molar-refractivity contribution in [2.24, 2.45) is 0 Å². The predicted octanol–water partition coefficient (Wildman–Crippen LogP) is 2.79. The van der Waals surface area contributed by atoms with Crippen LogP contribution in [0.5, 0.6) is 0 Å². The molecule has 0 aliphatic carbocycles. The van der Waals surface area contributed by atoms with E-state index in [4.69, 9.17) is 17.3 Å². The molecule has 7 nitrogen and oxygen atoms in total. The molecule has 0 bridgehead atoms. The van der Waals surface area contributed by atoms with Gasteiger partial charge in [0.2, 0.25) is 0 Å². The fourth-order valence-electron chi connectivity index (χ4n) is 1.70. The van der Waals surface area contributed by atoms with Crippen molar-refractivity contribution in [3.05, 3.63) is 56.9 Å². The first-order valence-corrected chi connectivity index (χ1v) is 6.24. The van der Waals surface area contributed by atoms with Crippen molar-refractivity contribution in [1.82, 2.24) is 4.98 Å². The average Bonchev–Trinajstić information content (AvgIpc) is 2.43. The van der Waals surface area contributed by atoms with Gasteiger partial charge in [-0.15, -0.1) is 0 Å². The molecule has 0 aliphatic rings. The van der Waals surface area contributed by atoms with E-state index in [1.54, 1.807) is 25.3 Å². The van der Waals surface area contributed by atoms with Crippen LogP contribution in [-0.4, -0.2) is 15.8 Å². The van der Waals surface area contributed by atoms with Crippen LogP contribution in [0.3, 0.4) is 0 Å². The summed E-state index contributed by atoms with van der Waals surface area (Å²) in [5.74, 6) is -0.531. The third-order valence-corrected chi connectivity index (χ3v) is 3.13. The van der Waals surface area contributed by atoms with E-state index in [1.165, 1.54) is 6.07 Å². The molecular formula is C13H11ClN4O3. The van der Waals surface area contributed by atoms with Crippen LogP contribution in [0.1, 0.15) is 16.1 Å². The number of nitrogens with one attached hydrogen (secondary N) is 1. The van der Waals surface area contributed by atoms with Gasteiger partial charge >= 0.3 is 0 Å². The fourth-order valence-corrected chi connectivity index (χ4v) is 1.91. The molecule has 8 heteroatoms. The molecule has 2 aromatic rings. The summed E-state index contributed by atoms with van der Waals surface area (Å²) in [4.78, 5) is 26.4. The van der Waals surface area contributed by atoms with Crippen LogP contribution in [0.2, 0.25) is 5.02 Å². The van der Waals surface area contributed by atoms with Crippen molar-refractivity contribution in [2.45, 2.75) is 6.92 Å². The molecule has 108 valence electrons. The van der Waals surface area contributed by atoms with Gasteiger partial charge in [0.1, 0.15) is 5.69 Å². The number of carbonyl (C=O) groups excluding carboxylic acids is 1. The number of carbonyl (C=O) groups is 1. The van der Waals surface area contributed by atoms with Gasteiger partial charge in [-0.05, 0) is 25.1 Å². The largest absolute Gasteiger partial charge is 0.392 e. The van der Waals surface area contributed by atoms with Crippen molar-refractivity contribution in [2.75, 3.05) is 11.1 Å². The van der Waals surface area contributed by atoms with Crippen LogP contribution in [0, 0.1) is 17.0 Å². The third-order valence-electron chi connectivity index (χ3n) is 2.82. The minimum absolute atomic E-state index is 0.0442. The number of hydrogen-bond acceptors (Lipinski definition) is 5. The third kappa shape index (κ3) is 3.09. The number of aromatic nitrogens is 1. The van der Waals surface area contributed by atoms with E-state index in [-0.39, 0.29) is 16.3 Å². The summed E-state index contributed by atoms with van der Waals surface area (Å²) in [6.45, 7) is 1.73. The Morgan fingerprint density at radius 2 is 2.19 bits per heavy atom. The van der Waals surface area contributed by atoms with Crippen LogP contribution in [-0.2, 0) is 0 Å². The highest BCUT2D eigenvalue weighted by Crippen LogP contribution is 2.31. The smallest absolute Gasteiger partial charge is 0.294 e. The minimum atomic E-state index is -0.687. The number of halogens is 1. The molecule has 0 atom stereocenters. The molecule has 1 heterocycles. The van der Waals surface area contributed by atoms with E-state index in [0.29, 0.717) is 11.4 Å². The zero-order valence-electron chi connectivity index (χ0n) is 11.0. The molecule has 0 fully saturated rings. The molecule has 1 amide bonds. The van der Waals surface area contributed by atoms with Gasteiger partial charge in [0.15, 0.2) is 0 Å². The molecule has 2 rings (SSSR count). The molecule has 0 spiro atoms. The fraction of sp³-hybridized carbons (Fsp3) is 0.0769. The maximum absolute atomic E-state index is 12.1. The molecule has 1 aromatic carbocycles. The standard InChI is InChI=1S/C13H11ClN4O3/c1-7-10(3-2-4-16-7)17-13(19)8-5-9(14)12(15)11(6-8)18(20)21/h2-6H,15H2,1H3,(H,17,19). The van der Waals surface area contributed by atoms with E-state index in [2.05, 4.69) is 10.3 Å². The predicted molar refractivity (Wildman–Crippen MR) is 79.4 cm³/mol. The first-order chi connectivity index (χ1) is 9.90. The number of nitro benzene ring substituents is 1. The van der Waals surface area contributed by atoms with Crippen molar-refractivity contribution < 1.29 is 9.72 Å². The summed E-state index contributed by atoms with van der Waals surface area (Å²) in [5, 5.41) is 13.5. The Labute approximate surface area is 124 Å². The lowest BCUT2D eigenvalue weighted by Gasteiger charge is -2.08. The van der Waals surface area contributed by atoms with E-state index >= 15 is 0 Å². The minimum Gasteiger partial charge on any atom is -0.392 e. The van der Waals surface area contributed by atoms with Crippen molar-refractivity contribution >= 4 is 34.6 Å². The lowest BCUT2D eigenvalue weighted by molar-refractivity contribution is -0.383. The van der Waals surface area contributed by atoms with E-state index in [0.717, 1.165) is 6.07 Å². The van der Waals surface area contributed by atoms with E-state index in [9.17, 15) is 14.9 Å². The van der Waals surface area contributed by atoms with Crippen molar-refractivity contribution in [1.29, 1.82) is 0 Å². The number of hydrogen-bond donors (Lipinski definition) is 2. The Kier molecular flexibility index (Phi) is 4.04. The van der Waals surface area contributed by atoms with Crippen LogP contribution in [0.15, 0.2) is 30.5 Å². The Hall–Kier alpha value is -2.67. The monoisotopic (exact) mass is 306 g/mol. The highest BCUT2D eigenvalue weighted by Gasteiger charge is 2.19. The second kappa shape index (κ2) is 5.76. The van der Waals surface area contributed by atoms with E-state index < -0.39 is 16.5 Å². The molecule has 3 N–H and O–H groups in total. The molecule has 0 saturated heterocycles.